The highest BCUT2D eigenvalue weighted by atomic mass is 32.1. The quantitative estimate of drug-likeness (QED) is 0.239. The number of pyridine rings is 1. The predicted molar refractivity (Wildman–Crippen MR) is 160 cm³/mol. The summed E-state index contributed by atoms with van der Waals surface area (Å²) in [4.78, 5) is 6.13. The summed E-state index contributed by atoms with van der Waals surface area (Å²) in [6, 6.07) is 24.4. The second kappa shape index (κ2) is 8.85. The molecule has 186 valence electrons. The maximum atomic E-state index is 6.21. The first-order valence-electron chi connectivity index (χ1n) is 13.1. The molecule has 3 aromatic carbocycles. The summed E-state index contributed by atoms with van der Waals surface area (Å²) in [6.45, 7) is 13.5. The molecule has 0 N–H and O–H groups in total. The van der Waals surface area contributed by atoms with Crippen molar-refractivity contribution in [2.45, 2.75) is 53.4 Å². The van der Waals surface area contributed by atoms with Crippen molar-refractivity contribution in [2.75, 3.05) is 0 Å². The lowest BCUT2D eigenvalue weighted by atomic mass is 9.82. The van der Waals surface area contributed by atoms with Crippen LogP contribution in [0.15, 0.2) is 77.3 Å². The monoisotopic (exact) mass is 503 g/mol. The molecule has 0 aliphatic carbocycles. The maximum absolute atomic E-state index is 6.21. The van der Waals surface area contributed by atoms with Crippen molar-refractivity contribution >= 4 is 43.2 Å². The van der Waals surface area contributed by atoms with Crippen molar-refractivity contribution in [3.05, 3.63) is 89.8 Å². The van der Waals surface area contributed by atoms with Crippen LogP contribution in [-0.4, -0.2) is 4.98 Å². The summed E-state index contributed by atoms with van der Waals surface area (Å²) in [6.07, 6.45) is 2.99. The van der Waals surface area contributed by atoms with Crippen LogP contribution in [0.5, 0.6) is 0 Å². The summed E-state index contributed by atoms with van der Waals surface area (Å²) in [5.41, 5.74) is 7.12. The smallest absolute Gasteiger partial charge is 0.135 e. The van der Waals surface area contributed by atoms with Gasteiger partial charge >= 0.3 is 0 Å². The average molecular weight is 504 g/mol. The largest absolute Gasteiger partial charge is 0.461 e. The van der Waals surface area contributed by atoms with E-state index in [9.17, 15) is 0 Å². The van der Waals surface area contributed by atoms with E-state index in [1.807, 2.05) is 17.5 Å². The first-order chi connectivity index (χ1) is 17.7. The summed E-state index contributed by atoms with van der Waals surface area (Å²) in [5.74, 6) is 1.64. The third-order valence-corrected chi connectivity index (χ3v) is 8.43. The number of furan rings is 1. The molecule has 0 aliphatic rings. The summed E-state index contributed by atoms with van der Waals surface area (Å²) >= 11 is 1.82. The maximum Gasteiger partial charge on any atom is 0.135 e. The highest BCUT2D eigenvalue weighted by Gasteiger charge is 2.20. The van der Waals surface area contributed by atoms with E-state index in [1.165, 1.54) is 53.4 Å². The van der Waals surface area contributed by atoms with E-state index in [4.69, 9.17) is 9.40 Å². The number of hydrogen-bond acceptors (Lipinski definition) is 3. The first-order valence-corrected chi connectivity index (χ1v) is 14.0. The van der Waals surface area contributed by atoms with Gasteiger partial charge in [-0.15, -0.1) is 11.3 Å². The summed E-state index contributed by atoms with van der Waals surface area (Å²) < 4.78 is 7.46. The second-order valence-electron chi connectivity index (χ2n) is 11.6. The van der Waals surface area contributed by atoms with Crippen LogP contribution in [-0.2, 0) is 11.8 Å². The second-order valence-corrected chi connectivity index (χ2v) is 12.7. The Bertz CT molecular complexity index is 1780. The Morgan fingerprint density at radius 2 is 1.68 bits per heavy atom. The molecule has 3 aromatic heterocycles. The highest BCUT2D eigenvalue weighted by molar-refractivity contribution is 7.22. The van der Waals surface area contributed by atoms with Crippen molar-refractivity contribution in [3.8, 4) is 21.7 Å². The van der Waals surface area contributed by atoms with E-state index in [2.05, 4.69) is 108 Å². The molecule has 0 atom stereocenters. The minimum atomic E-state index is 0.0360. The van der Waals surface area contributed by atoms with Gasteiger partial charge in [0.05, 0.1) is 5.69 Å². The molecule has 0 unspecified atom stereocenters. The number of fused-ring (bicyclic) bond motifs is 3. The number of rotatable bonds is 4. The van der Waals surface area contributed by atoms with Crippen molar-refractivity contribution in [2.24, 2.45) is 5.92 Å². The van der Waals surface area contributed by atoms with Gasteiger partial charge in [-0.2, -0.15) is 0 Å². The minimum Gasteiger partial charge on any atom is -0.461 e. The Balaban J connectivity index is 1.49. The lowest BCUT2D eigenvalue weighted by Gasteiger charge is -2.22. The summed E-state index contributed by atoms with van der Waals surface area (Å²) in [7, 11) is 0. The van der Waals surface area contributed by atoms with Gasteiger partial charge in [0.25, 0.3) is 0 Å². The first kappa shape index (κ1) is 23.9. The van der Waals surface area contributed by atoms with E-state index >= 15 is 0 Å². The van der Waals surface area contributed by atoms with Gasteiger partial charge in [0, 0.05) is 37.7 Å². The number of aromatic nitrogens is 1. The van der Waals surface area contributed by atoms with Gasteiger partial charge in [0.15, 0.2) is 0 Å². The van der Waals surface area contributed by atoms with Crippen molar-refractivity contribution in [1.29, 1.82) is 0 Å². The van der Waals surface area contributed by atoms with E-state index < -0.39 is 0 Å². The van der Waals surface area contributed by atoms with Gasteiger partial charge in [0.2, 0.25) is 0 Å². The van der Waals surface area contributed by atoms with E-state index in [0.717, 1.165) is 23.5 Å². The highest BCUT2D eigenvalue weighted by Crippen LogP contribution is 2.41. The normalized spacial score (nSPS) is 12.4. The Morgan fingerprint density at radius 3 is 2.46 bits per heavy atom. The van der Waals surface area contributed by atoms with E-state index in [-0.39, 0.29) is 5.41 Å². The topological polar surface area (TPSA) is 26.0 Å². The molecule has 2 nitrogen and oxygen atoms in total. The molecule has 0 saturated carbocycles. The third-order valence-electron chi connectivity index (χ3n) is 7.28. The zero-order valence-electron chi connectivity index (χ0n) is 22.5. The van der Waals surface area contributed by atoms with Gasteiger partial charge < -0.3 is 4.42 Å². The lowest BCUT2D eigenvalue weighted by Crippen LogP contribution is -2.12. The van der Waals surface area contributed by atoms with Crippen LogP contribution < -0.4 is 0 Å². The van der Waals surface area contributed by atoms with Crippen molar-refractivity contribution in [3.63, 3.8) is 0 Å². The number of thiophene rings is 1. The number of aryl methyl sites for hydroxylation is 1. The number of benzene rings is 3. The number of nitrogens with zero attached hydrogens (tertiary/aromatic N) is 1. The third kappa shape index (κ3) is 4.26. The molecule has 0 bridgehead atoms. The molecule has 6 aromatic rings. The Hall–Kier alpha value is -3.43. The molecule has 0 amide bonds. The predicted octanol–water partition coefficient (Wildman–Crippen LogP) is 10.3. The molecule has 0 saturated heterocycles. The van der Waals surface area contributed by atoms with Crippen LogP contribution in [0.25, 0.3) is 53.5 Å². The number of hydrogen-bond donors (Lipinski definition) is 0. The minimum absolute atomic E-state index is 0.0360. The lowest BCUT2D eigenvalue weighted by molar-refractivity contribution is 0.560. The molecular weight excluding hydrogens is 470 g/mol. The van der Waals surface area contributed by atoms with Crippen molar-refractivity contribution in [1.82, 2.24) is 4.98 Å². The Labute approximate surface area is 223 Å². The zero-order chi connectivity index (χ0) is 25.9. The fraction of sp³-hybridized carbons (Fsp3) is 0.265. The van der Waals surface area contributed by atoms with Crippen LogP contribution in [0.1, 0.15) is 51.5 Å². The zero-order valence-corrected chi connectivity index (χ0v) is 23.3. The van der Waals surface area contributed by atoms with Crippen molar-refractivity contribution < 1.29 is 4.42 Å². The van der Waals surface area contributed by atoms with Gasteiger partial charge in [-0.3, -0.25) is 4.98 Å². The van der Waals surface area contributed by atoms with Crippen LogP contribution in [0.4, 0.5) is 0 Å². The molecule has 37 heavy (non-hydrogen) atoms. The van der Waals surface area contributed by atoms with Gasteiger partial charge in [-0.1, -0.05) is 71.0 Å². The van der Waals surface area contributed by atoms with Crippen LogP contribution >= 0.6 is 11.3 Å². The fourth-order valence-electron chi connectivity index (χ4n) is 5.49. The van der Waals surface area contributed by atoms with Crippen LogP contribution in [0.2, 0.25) is 0 Å². The van der Waals surface area contributed by atoms with Crippen LogP contribution in [0, 0.1) is 12.8 Å². The Morgan fingerprint density at radius 1 is 0.865 bits per heavy atom. The molecular formula is C34H33NOS. The van der Waals surface area contributed by atoms with E-state index in [0.29, 0.717) is 5.92 Å². The van der Waals surface area contributed by atoms with Gasteiger partial charge in [-0.05, 0) is 76.9 Å². The van der Waals surface area contributed by atoms with Crippen LogP contribution in [0.3, 0.4) is 0 Å². The molecule has 6 rings (SSSR count). The van der Waals surface area contributed by atoms with Gasteiger partial charge in [-0.25, -0.2) is 0 Å². The Kier molecular flexibility index (Phi) is 5.72. The molecule has 0 radical (unpaired) electrons. The van der Waals surface area contributed by atoms with E-state index in [1.54, 1.807) is 0 Å². The molecule has 3 heteroatoms. The fourth-order valence-corrected chi connectivity index (χ4v) is 6.54. The molecule has 0 fully saturated rings. The molecule has 0 spiro atoms. The summed E-state index contributed by atoms with van der Waals surface area (Å²) in [5, 5.41) is 5.02. The molecule has 3 heterocycles. The molecule has 0 aliphatic heterocycles. The standard InChI is InChI=1S/C34H33NOS/c1-20(2)15-27-21(3)36-30-18-23(11-12-26(27)30)32-19-28-31(37-32)13-14-35-33(28)24-16-22-9-7-8-10-25(22)29(17-24)34(4,5)6/h7-14,16-20H,15H2,1-6H3. The average Bonchev–Trinajstić information content (AvgIpc) is 3.43. The van der Waals surface area contributed by atoms with Gasteiger partial charge in [0.1, 0.15) is 11.3 Å². The SMILES string of the molecule is Cc1oc2cc(-c3cc4c(-c5cc(C(C)(C)C)c6ccccc6c5)nccc4s3)ccc2c1CC(C)C.